The van der Waals surface area contributed by atoms with E-state index in [1.165, 1.54) is 18.5 Å². The molecule has 2 fully saturated rings. The highest BCUT2D eigenvalue weighted by atomic mass is 35.5. The van der Waals surface area contributed by atoms with Crippen LogP contribution in [-0.4, -0.2) is 36.3 Å². The minimum Gasteiger partial charge on any atom is -0.385 e. The molecule has 0 aromatic carbocycles. The smallest absolute Gasteiger partial charge is 0.134 e. The molecular weight excluding hydrogens is 323 g/mol. The third-order valence-corrected chi connectivity index (χ3v) is 4.13. The van der Waals surface area contributed by atoms with Crippen LogP contribution in [0.25, 0.3) is 0 Å². The Bertz CT molecular complexity index is 465. The van der Waals surface area contributed by atoms with Crippen LogP contribution in [0.5, 0.6) is 0 Å². The number of rotatable bonds is 7. The first kappa shape index (κ1) is 19.4. The van der Waals surface area contributed by atoms with Gasteiger partial charge in [-0.25, -0.2) is 9.97 Å². The Labute approximate surface area is 144 Å². The van der Waals surface area contributed by atoms with Gasteiger partial charge in [0.25, 0.3) is 0 Å². The number of nitrogens with two attached hydrogens (primary N) is 1. The summed E-state index contributed by atoms with van der Waals surface area (Å²) in [6.45, 7) is 1.66. The second-order valence-corrected chi connectivity index (χ2v) is 6.01. The van der Waals surface area contributed by atoms with Gasteiger partial charge in [0, 0.05) is 49.9 Å². The standard InChI is InChI=1S/C15H24N4O.2ClH/c1-20-6-2-5-17-14-9-13(11-7-12(16)8-11)18-15(19-14)10-3-4-10;;/h9-12H,2-8,16H2,1H3,(H,17,18,19);2*1H. The molecule has 0 aliphatic heterocycles. The predicted octanol–water partition coefficient (Wildman–Crippen LogP) is 2.85. The maximum absolute atomic E-state index is 5.90. The maximum Gasteiger partial charge on any atom is 0.134 e. The Morgan fingerprint density at radius 3 is 2.55 bits per heavy atom. The normalized spacial score (nSPS) is 23.0. The number of aromatic nitrogens is 2. The number of nitrogens with zero attached hydrogens (tertiary/aromatic N) is 2. The van der Waals surface area contributed by atoms with Gasteiger partial charge in [0.1, 0.15) is 11.6 Å². The lowest BCUT2D eigenvalue weighted by Crippen LogP contribution is -2.35. The van der Waals surface area contributed by atoms with Crippen molar-refractivity contribution in [3.05, 3.63) is 17.6 Å². The fourth-order valence-electron chi connectivity index (χ4n) is 2.65. The highest BCUT2D eigenvalue weighted by molar-refractivity contribution is 5.85. The number of anilines is 1. The van der Waals surface area contributed by atoms with Crippen molar-refractivity contribution in [2.45, 2.75) is 50.0 Å². The number of hydrogen-bond acceptors (Lipinski definition) is 5. The summed E-state index contributed by atoms with van der Waals surface area (Å²) < 4.78 is 5.07. The number of halogens is 2. The number of ether oxygens (including phenoxy) is 1. The van der Waals surface area contributed by atoms with E-state index in [0.29, 0.717) is 17.9 Å². The van der Waals surface area contributed by atoms with Gasteiger partial charge in [-0.3, -0.25) is 0 Å². The lowest BCUT2D eigenvalue weighted by atomic mass is 9.78. The van der Waals surface area contributed by atoms with Gasteiger partial charge in [0.05, 0.1) is 0 Å². The topological polar surface area (TPSA) is 73.1 Å². The molecule has 0 atom stereocenters. The highest BCUT2D eigenvalue weighted by Crippen LogP contribution is 2.41. The average Bonchev–Trinajstić information content (AvgIpc) is 3.24. The van der Waals surface area contributed by atoms with E-state index in [9.17, 15) is 0 Å². The van der Waals surface area contributed by atoms with Gasteiger partial charge in [-0.15, -0.1) is 24.8 Å². The Morgan fingerprint density at radius 1 is 1.23 bits per heavy atom. The zero-order valence-electron chi connectivity index (χ0n) is 13.0. The number of hydrogen-bond donors (Lipinski definition) is 2. The lowest BCUT2D eigenvalue weighted by Gasteiger charge is -2.32. The summed E-state index contributed by atoms with van der Waals surface area (Å²) in [6, 6.07) is 2.47. The van der Waals surface area contributed by atoms with Gasteiger partial charge in [-0.05, 0) is 32.1 Å². The minimum atomic E-state index is 0. The van der Waals surface area contributed by atoms with E-state index in [2.05, 4.69) is 16.4 Å². The fraction of sp³-hybridized carbons (Fsp3) is 0.733. The van der Waals surface area contributed by atoms with Crippen molar-refractivity contribution >= 4 is 30.6 Å². The van der Waals surface area contributed by atoms with Gasteiger partial charge >= 0.3 is 0 Å². The molecule has 0 unspecified atom stereocenters. The van der Waals surface area contributed by atoms with E-state index in [1.807, 2.05) is 0 Å². The van der Waals surface area contributed by atoms with E-state index in [4.69, 9.17) is 15.5 Å². The average molecular weight is 349 g/mol. The largest absolute Gasteiger partial charge is 0.385 e. The zero-order chi connectivity index (χ0) is 13.9. The van der Waals surface area contributed by atoms with E-state index in [-0.39, 0.29) is 24.8 Å². The van der Waals surface area contributed by atoms with Gasteiger partial charge < -0.3 is 15.8 Å². The predicted molar refractivity (Wildman–Crippen MR) is 93.4 cm³/mol. The van der Waals surface area contributed by atoms with Crippen LogP contribution >= 0.6 is 24.8 Å². The van der Waals surface area contributed by atoms with E-state index >= 15 is 0 Å². The number of nitrogens with one attached hydrogen (secondary N) is 1. The van der Waals surface area contributed by atoms with Crippen LogP contribution in [0.1, 0.15) is 55.5 Å². The molecule has 0 amide bonds. The zero-order valence-corrected chi connectivity index (χ0v) is 14.6. The molecule has 126 valence electrons. The Hall–Kier alpha value is -0.620. The third-order valence-electron chi connectivity index (χ3n) is 4.13. The van der Waals surface area contributed by atoms with Crippen LogP contribution in [0, 0.1) is 0 Å². The monoisotopic (exact) mass is 348 g/mol. The van der Waals surface area contributed by atoms with Crippen molar-refractivity contribution in [2.75, 3.05) is 25.6 Å². The molecule has 0 spiro atoms. The molecule has 3 N–H and O–H groups in total. The summed E-state index contributed by atoms with van der Waals surface area (Å²) in [5.41, 5.74) is 7.07. The van der Waals surface area contributed by atoms with E-state index in [1.54, 1.807) is 7.11 Å². The molecule has 22 heavy (non-hydrogen) atoms. The second kappa shape index (κ2) is 8.87. The molecule has 2 aliphatic rings. The molecular formula is C15H26Cl2N4O. The van der Waals surface area contributed by atoms with Crippen LogP contribution < -0.4 is 11.1 Å². The maximum atomic E-state index is 5.90. The van der Waals surface area contributed by atoms with Crippen LogP contribution in [0.4, 0.5) is 5.82 Å². The summed E-state index contributed by atoms with van der Waals surface area (Å²) in [5, 5.41) is 3.39. The first-order valence-electron chi connectivity index (χ1n) is 7.63. The van der Waals surface area contributed by atoms with Gasteiger partial charge in [-0.1, -0.05) is 0 Å². The number of methoxy groups -OCH3 is 1. The molecule has 1 heterocycles. The first-order valence-corrected chi connectivity index (χ1v) is 7.63. The van der Waals surface area contributed by atoms with Gasteiger partial charge in [-0.2, -0.15) is 0 Å². The molecule has 7 heteroatoms. The summed E-state index contributed by atoms with van der Waals surface area (Å²) in [5.74, 6) is 3.11. The second-order valence-electron chi connectivity index (χ2n) is 6.01. The first-order chi connectivity index (χ1) is 9.76. The van der Waals surface area contributed by atoms with Crippen molar-refractivity contribution in [1.29, 1.82) is 0 Å². The van der Waals surface area contributed by atoms with Crippen molar-refractivity contribution in [1.82, 2.24) is 9.97 Å². The molecule has 2 aliphatic carbocycles. The van der Waals surface area contributed by atoms with Crippen LogP contribution in [-0.2, 0) is 4.74 Å². The SMILES string of the molecule is COCCCNc1cc(C2CC(N)C2)nc(C2CC2)n1.Cl.Cl. The highest BCUT2D eigenvalue weighted by Gasteiger charge is 2.32. The summed E-state index contributed by atoms with van der Waals surface area (Å²) in [7, 11) is 1.73. The van der Waals surface area contributed by atoms with Crippen molar-refractivity contribution in [2.24, 2.45) is 5.73 Å². The summed E-state index contributed by atoms with van der Waals surface area (Å²) in [6.07, 6.45) is 5.57. The Morgan fingerprint density at radius 2 is 1.95 bits per heavy atom. The summed E-state index contributed by atoms with van der Waals surface area (Å²) in [4.78, 5) is 9.42. The van der Waals surface area contributed by atoms with Crippen molar-refractivity contribution in [3.8, 4) is 0 Å². The molecule has 1 aromatic rings. The molecule has 2 saturated carbocycles. The fourth-order valence-corrected chi connectivity index (χ4v) is 2.65. The molecule has 0 saturated heterocycles. The molecule has 1 aromatic heterocycles. The van der Waals surface area contributed by atoms with Crippen LogP contribution in [0.3, 0.4) is 0 Å². The van der Waals surface area contributed by atoms with E-state index < -0.39 is 0 Å². The van der Waals surface area contributed by atoms with Crippen molar-refractivity contribution in [3.63, 3.8) is 0 Å². The minimum absolute atomic E-state index is 0. The molecule has 5 nitrogen and oxygen atoms in total. The summed E-state index contributed by atoms with van der Waals surface area (Å²) >= 11 is 0. The molecule has 0 bridgehead atoms. The Balaban J connectivity index is 0.00000121. The van der Waals surface area contributed by atoms with Gasteiger partial charge in [0.15, 0.2) is 0 Å². The third kappa shape index (κ3) is 4.95. The quantitative estimate of drug-likeness (QED) is 0.741. The van der Waals surface area contributed by atoms with Gasteiger partial charge in [0.2, 0.25) is 0 Å². The van der Waals surface area contributed by atoms with Crippen LogP contribution in [0.15, 0.2) is 6.07 Å². The molecule has 0 radical (unpaired) electrons. The van der Waals surface area contributed by atoms with Crippen LogP contribution in [0.2, 0.25) is 0 Å². The van der Waals surface area contributed by atoms with Crippen molar-refractivity contribution < 1.29 is 4.74 Å². The molecule has 3 rings (SSSR count). The Kier molecular flexibility index (Phi) is 7.83. The lowest BCUT2D eigenvalue weighted by molar-refractivity contribution is 0.197. The van der Waals surface area contributed by atoms with E-state index in [0.717, 1.165) is 44.1 Å².